The number of benzene rings is 1. The molecule has 4 nitrogen and oxygen atoms in total. The Labute approximate surface area is 130 Å². The first-order chi connectivity index (χ1) is 9.63. The van der Waals surface area contributed by atoms with Gasteiger partial charge in [-0.15, -0.1) is 0 Å². The largest absolute Gasteiger partial charge is 0.383 e. The van der Waals surface area contributed by atoms with Gasteiger partial charge in [-0.2, -0.15) is 0 Å². The molecular weight excluding hydrogens is 320 g/mol. The Bertz CT molecular complexity index is 393. The minimum atomic E-state index is 0.340. The average Bonchev–Trinajstić information content (AvgIpc) is 2.47. The molecule has 5 heteroatoms. The summed E-state index contributed by atoms with van der Waals surface area (Å²) in [5, 5.41) is 3.25. The number of hydrogen-bond donors (Lipinski definition) is 1. The molecule has 1 N–H and O–H groups in total. The molecule has 0 aromatic heterocycles. The number of nitrogens with one attached hydrogen (secondary N) is 1. The third-order valence-corrected chi connectivity index (χ3v) is 4.01. The van der Waals surface area contributed by atoms with E-state index < -0.39 is 0 Å². The zero-order chi connectivity index (χ0) is 15.0. The molecule has 0 heterocycles. The lowest BCUT2D eigenvalue weighted by Gasteiger charge is -2.26. The monoisotopic (exact) mass is 344 g/mol. The van der Waals surface area contributed by atoms with Crippen LogP contribution in [0, 0.1) is 0 Å². The molecule has 0 aliphatic rings. The van der Waals surface area contributed by atoms with Crippen LogP contribution in [0.3, 0.4) is 0 Å². The minimum absolute atomic E-state index is 0.340. The van der Waals surface area contributed by atoms with Gasteiger partial charge >= 0.3 is 0 Å². The van der Waals surface area contributed by atoms with E-state index in [1.165, 1.54) is 11.3 Å². The van der Waals surface area contributed by atoms with Gasteiger partial charge in [-0.1, -0.05) is 6.07 Å². The number of anilines is 1. The number of nitrogens with zero attached hydrogens (tertiary/aromatic N) is 1. The topological polar surface area (TPSA) is 33.7 Å². The second-order valence-corrected chi connectivity index (χ2v) is 5.55. The SMILES string of the molecule is CNC(C)c1ccc(N(CCOC)CCOC)c(Br)c1. The van der Waals surface area contributed by atoms with Gasteiger partial charge in [0.1, 0.15) is 0 Å². The van der Waals surface area contributed by atoms with E-state index >= 15 is 0 Å². The maximum absolute atomic E-state index is 5.19. The van der Waals surface area contributed by atoms with E-state index in [0.717, 1.165) is 17.6 Å². The Morgan fingerprint density at radius 1 is 1.20 bits per heavy atom. The maximum atomic E-state index is 5.19. The Morgan fingerprint density at radius 3 is 2.25 bits per heavy atom. The summed E-state index contributed by atoms with van der Waals surface area (Å²) in [6.07, 6.45) is 0. The van der Waals surface area contributed by atoms with Crippen molar-refractivity contribution in [2.24, 2.45) is 0 Å². The number of rotatable bonds is 9. The summed E-state index contributed by atoms with van der Waals surface area (Å²) in [7, 11) is 5.42. The second kappa shape index (κ2) is 9.34. The molecule has 0 bridgehead atoms. The van der Waals surface area contributed by atoms with E-state index in [0.29, 0.717) is 19.3 Å². The fourth-order valence-corrected chi connectivity index (χ4v) is 2.62. The molecule has 0 aliphatic carbocycles. The first-order valence-corrected chi connectivity index (χ1v) is 7.62. The molecule has 0 fully saturated rings. The van der Waals surface area contributed by atoms with Gasteiger partial charge in [0.25, 0.3) is 0 Å². The van der Waals surface area contributed by atoms with Crippen molar-refractivity contribution in [2.45, 2.75) is 13.0 Å². The third-order valence-electron chi connectivity index (χ3n) is 3.38. The van der Waals surface area contributed by atoms with Gasteiger partial charge in [-0.3, -0.25) is 0 Å². The van der Waals surface area contributed by atoms with Crippen molar-refractivity contribution >= 4 is 21.6 Å². The van der Waals surface area contributed by atoms with Gasteiger partial charge in [0, 0.05) is 37.8 Å². The highest BCUT2D eigenvalue weighted by molar-refractivity contribution is 9.10. The molecule has 1 unspecified atom stereocenters. The Balaban J connectivity index is 2.89. The lowest BCUT2D eigenvalue weighted by molar-refractivity contribution is 0.190. The molecule has 0 aliphatic heterocycles. The lowest BCUT2D eigenvalue weighted by atomic mass is 10.1. The zero-order valence-electron chi connectivity index (χ0n) is 12.8. The predicted octanol–water partition coefficient (Wildman–Crippen LogP) is 2.83. The van der Waals surface area contributed by atoms with E-state index in [2.05, 4.69) is 51.3 Å². The van der Waals surface area contributed by atoms with Crippen molar-refractivity contribution < 1.29 is 9.47 Å². The van der Waals surface area contributed by atoms with Crippen molar-refractivity contribution in [3.05, 3.63) is 28.2 Å². The fraction of sp³-hybridized carbons (Fsp3) is 0.600. The Hall–Kier alpha value is -0.620. The van der Waals surface area contributed by atoms with Crippen molar-refractivity contribution in [3.63, 3.8) is 0 Å². The molecule has 0 amide bonds. The van der Waals surface area contributed by atoms with Crippen molar-refractivity contribution in [3.8, 4) is 0 Å². The quantitative estimate of drug-likeness (QED) is 0.746. The molecule has 0 saturated carbocycles. The molecule has 0 saturated heterocycles. The average molecular weight is 345 g/mol. The summed E-state index contributed by atoms with van der Waals surface area (Å²) in [6, 6.07) is 6.82. The molecule has 0 spiro atoms. The van der Waals surface area contributed by atoms with Crippen LogP contribution in [0.5, 0.6) is 0 Å². The van der Waals surface area contributed by atoms with E-state index in [4.69, 9.17) is 9.47 Å². The molecule has 114 valence electrons. The van der Waals surface area contributed by atoms with Crippen LogP contribution in [0.25, 0.3) is 0 Å². The molecule has 1 aromatic rings. The first-order valence-electron chi connectivity index (χ1n) is 6.83. The van der Waals surface area contributed by atoms with Gasteiger partial charge < -0.3 is 19.7 Å². The highest BCUT2D eigenvalue weighted by Crippen LogP contribution is 2.29. The molecule has 1 rings (SSSR count). The smallest absolute Gasteiger partial charge is 0.0637 e. The first kappa shape index (κ1) is 17.4. The fourth-order valence-electron chi connectivity index (χ4n) is 1.97. The third kappa shape index (κ3) is 5.05. The van der Waals surface area contributed by atoms with Crippen LogP contribution >= 0.6 is 15.9 Å². The summed E-state index contributed by atoms with van der Waals surface area (Å²) >= 11 is 3.68. The summed E-state index contributed by atoms with van der Waals surface area (Å²) in [6.45, 7) is 5.24. The van der Waals surface area contributed by atoms with Crippen molar-refractivity contribution in [1.82, 2.24) is 5.32 Å². The van der Waals surface area contributed by atoms with Gasteiger partial charge in [-0.25, -0.2) is 0 Å². The van der Waals surface area contributed by atoms with Crippen LogP contribution in [0.1, 0.15) is 18.5 Å². The van der Waals surface area contributed by atoms with Gasteiger partial charge in [-0.05, 0) is 47.6 Å². The lowest BCUT2D eigenvalue weighted by Crippen LogP contribution is -2.31. The maximum Gasteiger partial charge on any atom is 0.0637 e. The highest BCUT2D eigenvalue weighted by atomic mass is 79.9. The van der Waals surface area contributed by atoms with Crippen LogP contribution < -0.4 is 10.2 Å². The van der Waals surface area contributed by atoms with Crippen molar-refractivity contribution in [2.75, 3.05) is 52.5 Å². The van der Waals surface area contributed by atoms with E-state index in [1.807, 2.05) is 7.05 Å². The summed E-state index contributed by atoms with van der Waals surface area (Å²) in [5.74, 6) is 0. The van der Waals surface area contributed by atoms with Crippen LogP contribution in [-0.2, 0) is 9.47 Å². The molecule has 1 aromatic carbocycles. The summed E-state index contributed by atoms with van der Waals surface area (Å²) in [4.78, 5) is 2.27. The summed E-state index contributed by atoms with van der Waals surface area (Å²) < 4.78 is 11.5. The number of methoxy groups -OCH3 is 2. The van der Waals surface area contributed by atoms with E-state index in [-0.39, 0.29) is 0 Å². The Morgan fingerprint density at radius 2 is 1.80 bits per heavy atom. The van der Waals surface area contributed by atoms with Crippen LogP contribution in [0.2, 0.25) is 0 Å². The number of halogens is 1. The normalized spacial score (nSPS) is 12.4. The molecule has 0 radical (unpaired) electrons. The highest BCUT2D eigenvalue weighted by Gasteiger charge is 2.12. The van der Waals surface area contributed by atoms with Crippen molar-refractivity contribution in [1.29, 1.82) is 0 Å². The van der Waals surface area contributed by atoms with Gasteiger partial charge in [0.2, 0.25) is 0 Å². The van der Waals surface area contributed by atoms with E-state index in [1.54, 1.807) is 14.2 Å². The molecular formula is C15H25BrN2O2. The zero-order valence-corrected chi connectivity index (χ0v) is 14.4. The number of hydrogen-bond acceptors (Lipinski definition) is 4. The Kier molecular flexibility index (Phi) is 8.14. The van der Waals surface area contributed by atoms with E-state index in [9.17, 15) is 0 Å². The second-order valence-electron chi connectivity index (χ2n) is 4.69. The van der Waals surface area contributed by atoms with Crippen LogP contribution in [0.4, 0.5) is 5.69 Å². The van der Waals surface area contributed by atoms with Gasteiger partial charge in [0.05, 0.1) is 18.9 Å². The standard InChI is InChI=1S/C15H25BrN2O2/c1-12(17-2)13-5-6-15(14(16)11-13)18(7-9-19-3)8-10-20-4/h5-6,11-12,17H,7-10H2,1-4H3. The van der Waals surface area contributed by atoms with Crippen LogP contribution in [0.15, 0.2) is 22.7 Å². The van der Waals surface area contributed by atoms with Crippen LogP contribution in [-0.4, -0.2) is 47.6 Å². The predicted molar refractivity (Wildman–Crippen MR) is 87.6 cm³/mol. The number of ether oxygens (including phenoxy) is 2. The molecule has 20 heavy (non-hydrogen) atoms. The molecule has 1 atom stereocenters. The van der Waals surface area contributed by atoms with Gasteiger partial charge in [0.15, 0.2) is 0 Å². The summed E-state index contributed by atoms with van der Waals surface area (Å²) in [5.41, 5.74) is 2.44. The minimum Gasteiger partial charge on any atom is -0.383 e.